The Balaban J connectivity index is 2.44. The van der Waals surface area contributed by atoms with E-state index in [9.17, 15) is 14.4 Å². The molecule has 0 bridgehead atoms. The van der Waals surface area contributed by atoms with Gasteiger partial charge in [-0.15, -0.1) is 0 Å². The second kappa shape index (κ2) is 7.42. The van der Waals surface area contributed by atoms with Gasteiger partial charge in [0.05, 0.1) is 39.2 Å². The molecule has 136 valence electrons. The molecule has 1 amide bonds. The Morgan fingerprint density at radius 1 is 1.08 bits per heavy atom. The van der Waals surface area contributed by atoms with Crippen molar-refractivity contribution in [1.82, 2.24) is 0 Å². The van der Waals surface area contributed by atoms with E-state index < -0.39 is 17.7 Å². The highest BCUT2D eigenvalue weighted by atomic mass is 16.5. The number of ether oxygens (including phenoxy) is 4. The number of anilines is 1. The molecule has 8 heteroatoms. The molecule has 1 aromatic rings. The summed E-state index contributed by atoms with van der Waals surface area (Å²) in [4.78, 5) is 37.8. The molecule has 1 heterocycles. The second-order valence-corrected chi connectivity index (χ2v) is 5.84. The summed E-state index contributed by atoms with van der Waals surface area (Å²) in [6, 6.07) is 1.47. The van der Waals surface area contributed by atoms with E-state index in [1.54, 1.807) is 0 Å². The largest absolute Gasteiger partial charge is 0.493 e. The van der Waals surface area contributed by atoms with E-state index in [0.29, 0.717) is 0 Å². The maximum absolute atomic E-state index is 12.4. The third-order valence-electron chi connectivity index (χ3n) is 3.63. The molecule has 0 saturated heterocycles. The molecule has 0 atom stereocenters. The van der Waals surface area contributed by atoms with E-state index in [2.05, 4.69) is 0 Å². The van der Waals surface area contributed by atoms with Crippen molar-refractivity contribution in [3.05, 3.63) is 11.6 Å². The first-order valence-electron chi connectivity index (χ1n) is 7.70. The maximum Gasteiger partial charge on any atom is 0.326 e. The van der Waals surface area contributed by atoms with Crippen LogP contribution in [-0.2, 0) is 14.3 Å². The topological polar surface area (TPSA) is 91.4 Å². The van der Waals surface area contributed by atoms with Crippen LogP contribution < -0.4 is 19.1 Å². The zero-order chi connectivity index (χ0) is 18.7. The van der Waals surface area contributed by atoms with Crippen molar-refractivity contribution in [2.45, 2.75) is 13.8 Å². The SMILES string of the molecule is COc1cc2c(c(OC)c1OC)C(=O)C(=O)N2CC(=O)OCC(C)C. The lowest BCUT2D eigenvalue weighted by atomic mass is 10.1. The number of fused-ring (bicyclic) bond motifs is 1. The summed E-state index contributed by atoms with van der Waals surface area (Å²) in [7, 11) is 4.17. The predicted octanol–water partition coefficient (Wildman–Crippen LogP) is 1.44. The van der Waals surface area contributed by atoms with Crippen molar-refractivity contribution < 1.29 is 33.3 Å². The zero-order valence-corrected chi connectivity index (χ0v) is 14.9. The van der Waals surface area contributed by atoms with Gasteiger partial charge < -0.3 is 18.9 Å². The van der Waals surface area contributed by atoms with Gasteiger partial charge in [0.15, 0.2) is 11.5 Å². The summed E-state index contributed by atoms with van der Waals surface area (Å²) in [6.07, 6.45) is 0. The number of esters is 1. The molecule has 1 aliphatic heterocycles. The predicted molar refractivity (Wildman–Crippen MR) is 88.6 cm³/mol. The summed E-state index contributed by atoms with van der Waals surface area (Å²) in [5.74, 6) is -1.47. The highest BCUT2D eigenvalue weighted by Gasteiger charge is 2.42. The standard InChI is InChI=1S/C17H21NO7/c1-9(2)8-25-12(19)7-18-10-6-11(22-3)15(23-4)16(24-5)13(10)14(20)17(18)21/h6,9H,7-8H2,1-5H3. The molecule has 1 aliphatic rings. The molecule has 25 heavy (non-hydrogen) atoms. The van der Waals surface area contributed by atoms with E-state index in [1.807, 2.05) is 13.8 Å². The minimum atomic E-state index is -0.829. The van der Waals surface area contributed by atoms with Crippen molar-refractivity contribution in [3.8, 4) is 17.2 Å². The monoisotopic (exact) mass is 351 g/mol. The smallest absolute Gasteiger partial charge is 0.326 e. The van der Waals surface area contributed by atoms with Crippen molar-refractivity contribution in [1.29, 1.82) is 0 Å². The molecule has 1 aromatic carbocycles. The first-order valence-corrected chi connectivity index (χ1v) is 7.70. The van der Waals surface area contributed by atoms with Crippen molar-refractivity contribution >= 4 is 23.3 Å². The molecule has 0 saturated carbocycles. The number of nitrogens with zero attached hydrogens (tertiary/aromatic N) is 1. The van der Waals surface area contributed by atoms with Crippen LogP contribution in [0.2, 0.25) is 0 Å². The Morgan fingerprint density at radius 3 is 2.24 bits per heavy atom. The van der Waals surface area contributed by atoms with E-state index in [-0.39, 0.29) is 47.6 Å². The van der Waals surface area contributed by atoms with E-state index >= 15 is 0 Å². The van der Waals surface area contributed by atoms with Crippen LogP contribution in [0.4, 0.5) is 5.69 Å². The zero-order valence-electron chi connectivity index (χ0n) is 14.9. The summed E-state index contributed by atoms with van der Waals surface area (Å²) in [5, 5.41) is 0. The molecule has 2 rings (SSSR count). The van der Waals surface area contributed by atoms with Gasteiger partial charge in [-0.05, 0) is 5.92 Å². The normalized spacial score (nSPS) is 13.1. The number of hydrogen-bond acceptors (Lipinski definition) is 7. The number of hydrogen-bond donors (Lipinski definition) is 0. The number of rotatable bonds is 7. The first-order chi connectivity index (χ1) is 11.8. The molecule has 0 radical (unpaired) electrons. The minimum Gasteiger partial charge on any atom is -0.493 e. The van der Waals surface area contributed by atoms with Gasteiger partial charge in [-0.25, -0.2) is 0 Å². The molecule has 0 N–H and O–H groups in total. The Morgan fingerprint density at radius 2 is 1.72 bits per heavy atom. The minimum absolute atomic E-state index is 0.0433. The van der Waals surface area contributed by atoms with Crippen LogP contribution in [0, 0.1) is 5.92 Å². The van der Waals surface area contributed by atoms with Crippen molar-refractivity contribution in [3.63, 3.8) is 0 Å². The summed E-state index contributed by atoms with van der Waals surface area (Å²) in [5.41, 5.74) is 0.271. The number of carbonyl (C=O) groups is 3. The van der Waals surface area contributed by atoms with Gasteiger partial charge in [-0.3, -0.25) is 19.3 Å². The Hall–Kier alpha value is -2.77. The lowest BCUT2D eigenvalue weighted by Gasteiger charge is -2.19. The average Bonchev–Trinajstić information content (AvgIpc) is 2.82. The van der Waals surface area contributed by atoms with Crippen molar-refractivity contribution in [2.75, 3.05) is 39.4 Å². The maximum atomic E-state index is 12.4. The molecule has 0 aliphatic carbocycles. The highest BCUT2D eigenvalue weighted by molar-refractivity contribution is 6.53. The molecular formula is C17H21NO7. The van der Waals surface area contributed by atoms with Crippen LogP contribution in [0.3, 0.4) is 0 Å². The van der Waals surface area contributed by atoms with Gasteiger partial charge >= 0.3 is 5.97 Å². The second-order valence-electron chi connectivity index (χ2n) is 5.84. The Labute approximate surface area is 145 Å². The molecule has 0 aromatic heterocycles. The molecule has 0 unspecified atom stereocenters. The van der Waals surface area contributed by atoms with E-state index in [4.69, 9.17) is 18.9 Å². The number of benzene rings is 1. The first kappa shape index (κ1) is 18.6. The van der Waals surface area contributed by atoms with Crippen LogP contribution in [0.1, 0.15) is 24.2 Å². The summed E-state index contributed by atoms with van der Waals surface area (Å²) < 4.78 is 20.8. The number of ketones is 1. The van der Waals surface area contributed by atoms with Crippen LogP contribution >= 0.6 is 0 Å². The third-order valence-corrected chi connectivity index (χ3v) is 3.63. The van der Waals surface area contributed by atoms with Crippen LogP contribution in [0.5, 0.6) is 17.2 Å². The molecule has 0 spiro atoms. The van der Waals surface area contributed by atoms with Crippen LogP contribution in [0.15, 0.2) is 6.07 Å². The van der Waals surface area contributed by atoms with Gasteiger partial charge in [-0.1, -0.05) is 13.8 Å². The van der Waals surface area contributed by atoms with Gasteiger partial charge in [0.2, 0.25) is 5.75 Å². The Kier molecular flexibility index (Phi) is 5.51. The number of Topliss-reactive ketones (excluding diaryl/α,β-unsaturated/α-hetero) is 1. The van der Waals surface area contributed by atoms with E-state index in [0.717, 1.165) is 4.90 Å². The van der Waals surface area contributed by atoms with Crippen LogP contribution in [-0.4, -0.2) is 52.1 Å². The number of methoxy groups -OCH3 is 3. The lowest BCUT2D eigenvalue weighted by Crippen LogP contribution is -2.35. The number of amides is 1. The van der Waals surface area contributed by atoms with Crippen molar-refractivity contribution in [2.24, 2.45) is 5.92 Å². The summed E-state index contributed by atoms with van der Waals surface area (Å²) >= 11 is 0. The molecule has 8 nitrogen and oxygen atoms in total. The highest BCUT2D eigenvalue weighted by Crippen LogP contribution is 2.47. The summed E-state index contributed by atoms with van der Waals surface area (Å²) in [6.45, 7) is 3.66. The number of carbonyl (C=O) groups excluding carboxylic acids is 3. The lowest BCUT2D eigenvalue weighted by molar-refractivity contribution is -0.143. The fraction of sp³-hybridized carbons (Fsp3) is 0.471. The quantitative estimate of drug-likeness (QED) is 0.542. The van der Waals surface area contributed by atoms with Gasteiger partial charge in [-0.2, -0.15) is 0 Å². The van der Waals surface area contributed by atoms with Gasteiger partial charge in [0.25, 0.3) is 11.7 Å². The fourth-order valence-electron chi connectivity index (χ4n) is 2.51. The van der Waals surface area contributed by atoms with Crippen LogP contribution in [0.25, 0.3) is 0 Å². The van der Waals surface area contributed by atoms with E-state index in [1.165, 1.54) is 27.4 Å². The van der Waals surface area contributed by atoms with Gasteiger partial charge in [0, 0.05) is 6.07 Å². The van der Waals surface area contributed by atoms with Gasteiger partial charge in [0.1, 0.15) is 6.54 Å². The molecule has 0 fully saturated rings. The molecular weight excluding hydrogens is 330 g/mol. The Bertz CT molecular complexity index is 711. The fourth-order valence-corrected chi connectivity index (χ4v) is 2.51. The third kappa shape index (κ3) is 3.38. The average molecular weight is 351 g/mol.